The van der Waals surface area contributed by atoms with E-state index in [-0.39, 0.29) is 36.0 Å². The Morgan fingerprint density at radius 2 is 1.89 bits per heavy atom. The number of ketones is 1. The fraction of sp³-hybridized carbons (Fsp3) is 0.500. The zero-order chi connectivity index (χ0) is 6.57. The molecule has 46 valence electrons. The van der Waals surface area contributed by atoms with E-state index in [1.165, 1.54) is 0 Å². The molecular weight excluding hydrogens is 135 g/mol. The molecule has 0 rings (SSSR count). The summed E-state index contributed by atoms with van der Waals surface area (Å²) in [6.45, 7) is -0.438. The minimum atomic E-state index is -1.74. The van der Waals surface area contributed by atoms with Crippen molar-refractivity contribution in [1.29, 1.82) is 0 Å². The molecule has 0 saturated carbocycles. The Morgan fingerprint density at radius 1 is 1.44 bits per heavy atom. The summed E-state index contributed by atoms with van der Waals surface area (Å²) < 4.78 is 0. The van der Waals surface area contributed by atoms with Crippen LogP contribution in [0.2, 0.25) is 0 Å². The smallest absolute Gasteiger partial charge is 0.542 e. The zero-order valence-electron chi connectivity index (χ0n) is 5.09. The normalized spacial score (nSPS) is 7.67. The van der Waals surface area contributed by atoms with Crippen LogP contribution in [-0.4, -0.2) is 23.5 Å². The van der Waals surface area contributed by atoms with E-state index < -0.39 is 18.4 Å². The van der Waals surface area contributed by atoms with Crippen molar-refractivity contribution < 1.29 is 49.4 Å². The SMILES string of the molecule is O=C([O-])C(=O)CCO.[Na+]. The summed E-state index contributed by atoms with van der Waals surface area (Å²) in [7, 11) is 0. The van der Waals surface area contributed by atoms with Gasteiger partial charge in [-0.15, -0.1) is 0 Å². The summed E-state index contributed by atoms with van der Waals surface area (Å²) in [6, 6.07) is 0. The Morgan fingerprint density at radius 3 is 2.00 bits per heavy atom. The summed E-state index contributed by atoms with van der Waals surface area (Å²) in [4.78, 5) is 19.4. The molecule has 9 heavy (non-hydrogen) atoms. The average molecular weight is 140 g/mol. The van der Waals surface area contributed by atoms with Gasteiger partial charge < -0.3 is 15.0 Å². The van der Waals surface area contributed by atoms with E-state index in [1.54, 1.807) is 0 Å². The number of aliphatic hydroxyl groups is 1. The third kappa shape index (κ3) is 5.98. The number of hydrogen-bond acceptors (Lipinski definition) is 4. The van der Waals surface area contributed by atoms with E-state index in [1.807, 2.05) is 0 Å². The topological polar surface area (TPSA) is 77.4 Å². The maximum Gasteiger partial charge on any atom is 1.00 e. The van der Waals surface area contributed by atoms with E-state index in [4.69, 9.17) is 5.11 Å². The Labute approximate surface area is 74.2 Å². The molecule has 1 N–H and O–H groups in total. The van der Waals surface area contributed by atoms with E-state index >= 15 is 0 Å². The molecule has 0 aliphatic carbocycles. The van der Waals surface area contributed by atoms with Crippen LogP contribution in [0.4, 0.5) is 0 Å². The standard InChI is InChI=1S/C4H6O4.Na/c5-2-1-3(6)4(7)8;/h5H,1-2H2,(H,7,8);/q;+1/p-1. The van der Waals surface area contributed by atoms with Crippen molar-refractivity contribution in [1.82, 2.24) is 0 Å². The molecule has 0 amide bonds. The first-order valence-corrected chi connectivity index (χ1v) is 2.03. The van der Waals surface area contributed by atoms with Gasteiger partial charge >= 0.3 is 29.6 Å². The van der Waals surface area contributed by atoms with Gasteiger partial charge in [0.25, 0.3) is 0 Å². The van der Waals surface area contributed by atoms with E-state index in [9.17, 15) is 14.7 Å². The molecule has 0 aromatic carbocycles. The van der Waals surface area contributed by atoms with E-state index in [2.05, 4.69) is 0 Å². The number of hydrogen-bond donors (Lipinski definition) is 1. The average Bonchev–Trinajstić information content (AvgIpc) is 1.67. The largest absolute Gasteiger partial charge is 1.00 e. The van der Waals surface area contributed by atoms with Crippen molar-refractivity contribution in [2.75, 3.05) is 6.61 Å². The van der Waals surface area contributed by atoms with Crippen molar-refractivity contribution in [3.63, 3.8) is 0 Å². The molecule has 0 fully saturated rings. The van der Waals surface area contributed by atoms with Gasteiger partial charge in [-0.05, 0) is 0 Å². The quantitative estimate of drug-likeness (QED) is 0.313. The second kappa shape index (κ2) is 6.22. The first-order chi connectivity index (χ1) is 3.68. The Bertz CT molecular complexity index is 111. The van der Waals surface area contributed by atoms with Gasteiger partial charge in [0.2, 0.25) is 0 Å². The minimum Gasteiger partial charge on any atom is -0.542 e. The molecule has 0 atom stereocenters. The van der Waals surface area contributed by atoms with Crippen LogP contribution in [0.3, 0.4) is 0 Å². The summed E-state index contributed by atoms with van der Waals surface area (Å²) >= 11 is 0. The summed E-state index contributed by atoms with van der Waals surface area (Å²) in [6.07, 6.45) is -0.359. The second-order valence-corrected chi connectivity index (χ2v) is 1.18. The number of Topliss-reactive ketones (excluding diaryl/α,β-unsaturated/α-hetero) is 1. The van der Waals surface area contributed by atoms with Crippen LogP contribution >= 0.6 is 0 Å². The maximum absolute atomic E-state index is 9.92. The molecule has 4 nitrogen and oxygen atoms in total. The molecule has 0 spiro atoms. The molecule has 0 aliphatic rings. The number of carbonyl (C=O) groups is 2. The van der Waals surface area contributed by atoms with Gasteiger partial charge in [-0.1, -0.05) is 0 Å². The third-order valence-electron chi connectivity index (χ3n) is 0.567. The van der Waals surface area contributed by atoms with Gasteiger partial charge in [0, 0.05) is 6.42 Å². The van der Waals surface area contributed by atoms with Crippen LogP contribution in [-0.2, 0) is 9.59 Å². The molecule has 5 heteroatoms. The fourth-order valence-corrected chi connectivity index (χ4v) is 0.204. The maximum atomic E-state index is 9.92. The summed E-state index contributed by atoms with van der Waals surface area (Å²) in [5.74, 6) is -2.80. The molecule has 0 aromatic rings. The predicted octanol–water partition coefficient (Wildman–Crippen LogP) is -5.31. The Balaban J connectivity index is 0. The Hall–Kier alpha value is 0.1000. The van der Waals surface area contributed by atoms with Gasteiger partial charge in [-0.25, -0.2) is 0 Å². The third-order valence-corrected chi connectivity index (χ3v) is 0.567. The van der Waals surface area contributed by atoms with Crippen molar-refractivity contribution in [3.8, 4) is 0 Å². The number of carbonyl (C=O) groups excluding carboxylic acids is 2. The van der Waals surface area contributed by atoms with Gasteiger partial charge in [0.15, 0.2) is 5.78 Å². The van der Waals surface area contributed by atoms with Crippen LogP contribution in [0.5, 0.6) is 0 Å². The van der Waals surface area contributed by atoms with Crippen molar-refractivity contribution in [2.45, 2.75) is 6.42 Å². The van der Waals surface area contributed by atoms with Crippen molar-refractivity contribution >= 4 is 11.8 Å². The second-order valence-electron chi connectivity index (χ2n) is 1.18. The van der Waals surface area contributed by atoms with E-state index in [0.29, 0.717) is 0 Å². The van der Waals surface area contributed by atoms with Crippen LogP contribution in [0.25, 0.3) is 0 Å². The van der Waals surface area contributed by atoms with Gasteiger partial charge in [0.1, 0.15) is 5.97 Å². The van der Waals surface area contributed by atoms with E-state index in [0.717, 1.165) is 0 Å². The van der Waals surface area contributed by atoms with Gasteiger partial charge in [-0.2, -0.15) is 0 Å². The molecular formula is C4H5NaO4. The number of aliphatic hydroxyl groups excluding tert-OH is 1. The van der Waals surface area contributed by atoms with Gasteiger partial charge in [0.05, 0.1) is 6.61 Å². The molecule has 0 radical (unpaired) electrons. The number of rotatable bonds is 3. The molecule has 0 aliphatic heterocycles. The number of carboxylic acid groups (broad SMARTS) is 1. The van der Waals surface area contributed by atoms with Gasteiger partial charge in [-0.3, -0.25) is 4.79 Å². The first-order valence-electron chi connectivity index (χ1n) is 2.03. The summed E-state index contributed by atoms with van der Waals surface area (Å²) in [5, 5.41) is 17.5. The monoisotopic (exact) mass is 140 g/mol. The molecule has 0 heterocycles. The Kier molecular flexibility index (Phi) is 8.19. The summed E-state index contributed by atoms with van der Waals surface area (Å²) in [5.41, 5.74) is 0. The van der Waals surface area contributed by atoms with Crippen molar-refractivity contribution in [3.05, 3.63) is 0 Å². The predicted molar refractivity (Wildman–Crippen MR) is 21.7 cm³/mol. The first kappa shape index (κ1) is 11.8. The molecule has 0 bridgehead atoms. The van der Waals surface area contributed by atoms with Crippen LogP contribution in [0.15, 0.2) is 0 Å². The molecule has 0 saturated heterocycles. The molecule has 0 unspecified atom stereocenters. The van der Waals surface area contributed by atoms with Crippen molar-refractivity contribution in [2.24, 2.45) is 0 Å². The minimum absolute atomic E-state index is 0. The van der Waals surface area contributed by atoms with Crippen LogP contribution in [0.1, 0.15) is 6.42 Å². The molecule has 0 aromatic heterocycles. The van der Waals surface area contributed by atoms with Crippen LogP contribution in [0, 0.1) is 0 Å². The van der Waals surface area contributed by atoms with Crippen LogP contribution < -0.4 is 34.7 Å². The zero-order valence-corrected chi connectivity index (χ0v) is 7.09. The number of aliphatic carboxylic acids is 1. The fourth-order valence-electron chi connectivity index (χ4n) is 0.204. The number of carboxylic acids is 1.